The molecule has 1 N–H and O–H groups in total. The molecule has 0 saturated carbocycles. The topological polar surface area (TPSA) is 79.9 Å². The normalized spacial score (nSPS) is 10.2. The van der Waals surface area contributed by atoms with Crippen molar-refractivity contribution in [3.63, 3.8) is 0 Å². The van der Waals surface area contributed by atoms with Gasteiger partial charge in [0.15, 0.2) is 11.6 Å². The molecule has 0 fully saturated rings. The van der Waals surface area contributed by atoms with E-state index in [0.29, 0.717) is 0 Å². The molecular weight excluding hydrogens is 299 g/mol. The molecule has 120 valence electrons. The summed E-state index contributed by atoms with van der Waals surface area (Å²) >= 11 is 0. The van der Waals surface area contributed by atoms with Crippen molar-refractivity contribution in [1.29, 1.82) is 5.26 Å². The van der Waals surface area contributed by atoms with Gasteiger partial charge in [-0.25, -0.2) is 4.39 Å². The molecule has 0 unspecified atom stereocenters. The molecule has 1 aromatic carbocycles. The number of carbonyl (C=O) groups is 1. The lowest BCUT2D eigenvalue weighted by Gasteiger charge is -2.09. The summed E-state index contributed by atoms with van der Waals surface area (Å²) < 4.78 is 21.3. The Balaban J connectivity index is 2.02. The molecule has 7 heteroatoms. The highest BCUT2D eigenvalue weighted by Crippen LogP contribution is 2.22. The molecule has 1 heterocycles. The fraction of sp³-hybridized carbons (Fsp3) is 0.312. The zero-order chi connectivity index (χ0) is 16.8. The summed E-state index contributed by atoms with van der Waals surface area (Å²) in [6, 6.07) is 5.85. The van der Waals surface area contributed by atoms with E-state index in [0.717, 1.165) is 23.9 Å². The molecule has 0 radical (unpaired) electrons. The highest BCUT2D eigenvalue weighted by atomic mass is 19.1. The van der Waals surface area contributed by atoms with Crippen LogP contribution in [0.25, 0.3) is 0 Å². The third kappa shape index (κ3) is 4.30. The minimum absolute atomic E-state index is 0.0898. The van der Waals surface area contributed by atoms with E-state index in [1.807, 2.05) is 20.0 Å². The Kier molecular flexibility index (Phi) is 5.31. The molecule has 0 atom stereocenters. The lowest BCUT2D eigenvalue weighted by molar-refractivity contribution is -0.115. The molecule has 2 aromatic rings. The molecule has 23 heavy (non-hydrogen) atoms. The number of nitrogens with zero attached hydrogens (tertiary/aromatic N) is 3. The maximum atomic E-state index is 14.0. The van der Waals surface area contributed by atoms with Crippen LogP contribution < -0.4 is 10.1 Å². The summed E-state index contributed by atoms with van der Waals surface area (Å²) in [5.74, 6) is -0.976. The standard InChI is InChI=1S/C16H17FN4O2/c1-3-21-9-12(11(2)20-21)10-23-15-5-4-13(8-14(15)17)19-16(22)6-7-18/h4-5,8-9H,3,6,10H2,1-2H3,(H,19,22). The molecule has 0 aliphatic rings. The highest BCUT2D eigenvalue weighted by Gasteiger charge is 2.10. The van der Waals surface area contributed by atoms with E-state index in [2.05, 4.69) is 10.4 Å². The van der Waals surface area contributed by atoms with Crippen molar-refractivity contribution in [2.45, 2.75) is 33.4 Å². The summed E-state index contributed by atoms with van der Waals surface area (Å²) in [5, 5.41) is 15.2. The van der Waals surface area contributed by atoms with Crippen molar-refractivity contribution in [2.75, 3.05) is 5.32 Å². The average Bonchev–Trinajstić information content (AvgIpc) is 2.87. The molecule has 2 rings (SSSR count). The molecule has 0 spiro atoms. The first-order chi connectivity index (χ1) is 11.0. The van der Waals surface area contributed by atoms with Gasteiger partial charge in [-0.3, -0.25) is 9.48 Å². The number of amides is 1. The van der Waals surface area contributed by atoms with Crippen molar-refractivity contribution >= 4 is 11.6 Å². The average molecular weight is 316 g/mol. The number of hydrogen-bond acceptors (Lipinski definition) is 4. The largest absolute Gasteiger partial charge is 0.486 e. The number of halogens is 1. The van der Waals surface area contributed by atoms with Gasteiger partial charge in [-0.15, -0.1) is 0 Å². The fourth-order valence-electron chi connectivity index (χ4n) is 1.99. The zero-order valence-corrected chi connectivity index (χ0v) is 13.0. The van der Waals surface area contributed by atoms with Gasteiger partial charge in [0.1, 0.15) is 13.0 Å². The quantitative estimate of drug-likeness (QED) is 0.888. The first-order valence-corrected chi connectivity index (χ1v) is 7.15. The van der Waals surface area contributed by atoms with E-state index in [-0.39, 0.29) is 24.5 Å². The van der Waals surface area contributed by atoms with Crippen molar-refractivity contribution in [1.82, 2.24) is 9.78 Å². The predicted octanol–water partition coefficient (Wildman–Crippen LogP) is 2.78. The number of hydrogen-bond donors (Lipinski definition) is 1. The van der Waals surface area contributed by atoms with Gasteiger partial charge in [-0.1, -0.05) is 0 Å². The van der Waals surface area contributed by atoms with E-state index in [1.54, 1.807) is 10.8 Å². The number of aryl methyl sites for hydroxylation is 2. The lowest BCUT2D eigenvalue weighted by atomic mass is 10.2. The van der Waals surface area contributed by atoms with Gasteiger partial charge in [0.05, 0.1) is 11.8 Å². The number of ether oxygens (including phenoxy) is 1. The molecule has 1 aromatic heterocycles. The van der Waals surface area contributed by atoms with Crippen LogP contribution in [0.4, 0.5) is 10.1 Å². The summed E-state index contributed by atoms with van der Waals surface area (Å²) in [4.78, 5) is 11.3. The zero-order valence-electron chi connectivity index (χ0n) is 13.0. The van der Waals surface area contributed by atoms with Crippen LogP contribution in [0.5, 0.6) is 5.75 Å². The van der Waals surface area contributed by atoms with Gasteiger partial charge < -0.3 is 10.1 Å². The Bertz CT molecular complexity index is 749. The Hall–Kier alpha value is -2.88. The summed E-state index contributed by atoms with van der Waals surface area (Å²) in [7, 11) is 0. The van der Waals surface area contributed by atoms with Gasteiger partial charge in [-0.05, 0) is 26.0 Å². The van der Waals surface area contributed by atoms with Crippen LogP contribution >= 0.6 is 0 Å². The SMILES string of the molecule is CCn1cc(COc2ccc(NC(=O)CC#N)cc2F)c(C)n1. The van der Waals surface area contributed by atoms with Gasteiger partial charge >= 0.3 is 0 Å². The molecule has 0 bridgehead atoms. The first-order valence-electron chi connectivity index (χ1n) is 7.15. The lowest BCUT2D eigenvalue weighted by Crippen LogP contribution is -2.10. The fourth-order valence-corrected chi connectivity index (χ4v) is 1.99. The molecule has 0 aliphatic heterocycles. The summed E-state index contributed by atoms with van der Waals surface area (Å²) in [5.41, 5.74) is 2.01. The van der Waals surface area contributed by atoms with E-state index in [9.17, 15) is 9.18 Å². The van der Waals surface area contributed by atoms with E-state index < -0.39 is 11.7 Å². The Labute approximate surface area is 133 Å². The van der Waals surface area contributed by atoms with Gasteiger partial charge in [0.2, 0.25) is 5.91 Å². The summed E-state index contributed by atoms with van der Waals surface area (Å²) in [6.45, 7) is 4.82. The van der Waals surface area contributed by atoms with Crippen molar-refractivity contribution in [3.05, 3.63) is 41.5 Å². The number of rotatable bonds is 6. The predicted molar refractivity (Wildman–Crippen MR) is 82.2 cm³/mol. The van der Waals surface area contributed by atoms with Crippen LogP contribution in [0.3, 0.4) is 0 Å². The second-order valence-electron chi connectivity index (χ2n) is 4.91. The number of benzene rings is 1. The highest BCUT2D eigenvalue weighted by molar-refractivity contribution is 5.92. The second-order valence-corrected chi connectivity index (χ2v) is 4.91. The Morgan fingerprint density at radius 1 is 1.52 bits per heavy atom. The number of nitriles is 1. The van der Waals surface area contributed by atoms with Crippen LogP contribution in [-0.4, -0.2) is 15.7 Å². The Morgan fingerprint density at radius 2 is 2.30 bits per heavy atom. The smallest absolute Gasteiger partial charge is 0.238 e. The summed E-state index contributed by atoms with van der Waals surface area (Å²) in [6.07, 6.45) is 1.59. The van der Waals surface area contributed by atoms with Crippen molar-refractivity contribution in [2.24, 2.45) is 0 Å². The number of nitrogens with one attached hydrogen (secondary N) is 1. The number of aromatic nitrogens is 2. The maximum Gasteiger partial charge on any atom is 0.238 e. The van der Waals surface area contributed by atoms with Crippen molar-refractivity contribution in [3.8, 4) is 11.8 Å². The van der Waals surface area contributed by atoms with Crippen LogP contribution in [0.1, 0.15) is 24.6 Å². The maximum absolute atomic E-state index is 14.0. The second kappa shape index (κ2) is 7.40. The van der Waals surface area contributed by atoms with E-state index >= 15 is 0 Å². The minimum Gasteiger partial charge on any atom is -0.486 e. The third-order valence-electron chi connectivity index (χ3n) is 3.21. The molecule has 6 nitrogen and oxygen atoms in total. The van der Waals surface area contributed by atoms with Gasteiger partial charge in [0.25, 0.3) is 0 Å². The third-order valence-corrected chi connectivity index (χ3v) is 3.21. The van der Waals surface area contributed by atoms with Crippen molar-refractivity contribution < 1.29 is 13.9 Å². The molecule has 0 aliphatic carbocycles. The van der Waals surface area contributed by atoms with Crippen LogP contribution in [0.15, 0.2) is 24.4 Å². The van der Waals surface area contributed by atoms with Gasteiger partial charge in [0, 0.05) is 30.1 Å². The molecule has 1 amide bonds. The van der Waals surface area contributed by atoms with Crippen LogP contribution in [0.2, 0.25) is 0 Å². The van der Waals surface area contributed by atoms with E-state index in [4.69, 9.17) is 10.00 Å². The van der Waals surface area contributed by atoms with E-state index in [1.165, 1.54) is 12.1 Å². The first kappa shape index (κ1) is 16.5. The number of anilines is 1. The Morgan fingerprint density at radius 3 is 2.91 bits per heavy atom. The van der Waals surface area contributed by atoms with Crippen LogP contribution in [0, 0.1) is 24.1 Å². The minimum atomic E-state index is -0.583. The van der Waals surface area contributed by atoms with Crippen LogP contribution in [-0.2, 0) is 17.9 Å². The monoisotopic (exact) mass is 316 g/mol. The number of carbonyl (C=O) groups excluding carboxylic acids is 1. The molecular formula is C16H17FN4O2. The molecule has 0 saturated heterocycles. The van der Waals surface area contributed by atoms with Gasteiger partial charge in [-0.2, -0.15) is 10.4 Å².